The first-order valence-electron chi connectivity index (χ1n) is 9.48. The number of ether oxygens (including phenoxy) is 3. The summed E-state index contributed by atoms with van der Waals surface area (Å²) in [6.07, 6.45) is -2.45. The first-order chi connectivity index (χ1) is 14.0. The first-order valence-corrected chi connectivity index (χ1v) is 9.88. The van der Waals surface area contributed by atoms with E-state index in [2.05, 4.69) is 4.98 Å². The molecule has 0 unspecified atom stereocenters. The maximum absolute atomic E-state index is 12.8. The van der Waals surface area contributed by atoms with Crippen LogP contribution in [0.1, 0.15) is 32.7 Å². The Hall–Kier alpha value is -2.88. The summed E-state index contributed by atoms with van der Waals surface area (Å²) >= 11 is 5.34. The van der Waals surface area contributed by atoms with Gasteiger partial charge in [-0.05, 0) is 45.1 Å². The lowest BCUT2D eigenvalue weighted by molar-refractivity contribution is 0.0146. The molecule has 1 fully saturated rings. The molecule has 1 aliphatic heterocycles. The molecule has 0 saturated carbocycles. The Bertz CT molecular complexity index is 981. The lowest BCUT2D eigenvalue weighted by Gasteiger charge is -2.30. The van der Waals surface area contributed by atoms with E-state index >= 15 is 0 Å². The number of aryl methyl sites for hydroxylation is 1. The van der Waals surface area contributed by atoms with Crippen LogP contribution in [0.25, 0.3) is 11.0 Å². The van der Waals surface area contributed by atoms with Crippen molar-refractivity contribution in [1.82, 2.24) is 19.4 Å². The normalized spacial score (nSPS) is 17.6. The fraction of sp³-hybridized carbons (Fsp3) is 0.500. The molecule has 10 heteroatoms. The van der Waals surface area contributed by atoms with Gasteiger partial charge in [0.2, 0.25) is 0 Å². The van der Waals surface area contributed by atoms with Gasteiger partial charge in [0.25, 0.3) is 5.17 Å². The van der Waals surface area contributed by atoms with Gasteiger partial charge in [-0.1, -0.05) is 12.1 Å². The summed E-state index contributed by atoms with van der Waals surface area (Å²) in [4.78, 5) is 32.4. The zero-order chi connectivity index (χ0) is 22.2. The number of rotatable bonds is 3. The Morgan fingerprint density at radius 2 is 2.00 bits per heavy atom. The predicted octanol–water partition coefficient (Wildman–Crippen LogP) is 3.23. The largest absolute Gasteiger partial charge is 0.457 e. The standard InChI is InChI=1S/C20H26N4O5S/c1-20(2,3)29-18(26)24-14(11-27-17(24)25)15(28-19(30)22(4)5)16-21-12-9-7-8-10-13(12)23(16)6/h7-10,14-15H,11H2,1-6H3/t14-,15-/m0/s1. The number of nitrogens with zero attached hydrogens (tertiary/aromatic N) is 4. The third kappa shape index (κ3) is 4.33. The van der Waals surface area contributed by atoms with Crippen molar-refractivity contribution in [2.45, 2.75) is 38.5 Å². The number of imidazole rings is 1. The van der Waals surface area contributed by atoms with Crippen LogP contribution in [-0.2, 0) is 21.3 Å². The van der Waals surface area contributed by atoms with Gasteiger partial charge >= 0.3 is 12.2 Å². The molecule has 2 aromatic rings. The molecule has 9 nitrogen and oxygen atoms in total. The number of hydrogen-bond acceptors (Lipinski definition) is 7. The van der Waals surface area contributed by atoms with E-state index < -0.39 is 29.9 Å². The zero-order valence-corrected chi connectivity index (χ0v) is 18.7. The number of fused-ring (bicyclic) bond motifs is 1. The summed E-state index contributed by atoms with van der Waals surface area (Å²) < 4.78 is 18.5. The molecule has 0 radical (unpaired) electrons. The molecule has 3 rings (SSSR count). The number of amides is 2. The molecule has 1 aliphatic rings. The molecule has 0 bridgehead atoms. The van der Waals surface area contributed by atoms with Gasteiger partial charge < -0.3 is 23.7 Å². The average molecular weight is 435 g/mol. The second-order valence-electron chi connectivity index (χ2n) is 8.21. The maximum atomic E-state index is 12.8. The number of benzene rings is 1. The number of hydrogen-bond donors (Lipinski definition) is 0. The third-order valence-corrected chi connectivity index (χ3v) is 4.98. The Morgan fingerprint density at radius 3 is 2.60 bits per heavy atom. The molecule has 2 atom stereocenters. The summed E-state index contributed by atoms with van der Waals surface area (Å²) in [6.45, 7) is 5.10. The molecular weight excluding hydrogens is 408 g/mol. The zero-order valence-electron chi connectivity index (χ0n) is 17.9. The fourth-order valence-corrected chi connectivity index (χ4v) is 3.22. The predicted molar refractivity (Wildman–Crippen MR) is 114 cm³/mol. The van der Waals surface area contributed by atoms with E-state index in [1.165, 1.54) is 0 Å². The third-order valence-electron chi connectivity index (χ3n) is 4.51. The minimum atomic E-state index is -0.851. The molecule has 30 heavy (non-hydrogen) atoms. The van der Waals surface area contributed by atoms with Gasteiger partial charge in [0, 0.05) is 21.1 Å². The minimum Gasteiger partial charge on any atom is -0.457 e. The lowest BCUT2D eigenvalue weighted by atomic mass is 10.1. The van der Waals surface area contributed by atoms with Crippen LogP contribution in [-0.4, -0.2) is 69.1 Å². The van der Waals surface area contributed by atoms with Crippen molar-refractivity contribution < 1.29 is 23.8 Å². The van der Waals surface area contributed by atoms with Crippen molar-refractivity contribution in [2.24, 2.45) is 7.05 Å². The van der Waals surface area contributed by atoms with Crippen molar-refractivity contribution in [3.63, 3.8) is 0 Å². The molecule has 2 heterocycles. The van der Waals surface area contributed by atoms with E-state index in [0.717, 1.165) is 15.9 Å². The van der Waals surface area contributed by atoms with E-state index in [1.807, 2.05) is 35.9 Å². The summed E-state index contributed by atoms with van der Waals surface area (Å²) in [5, 5.41) is 0.190. The number of thiocarbonyl (C=S) groups is 1. The van der Waals surface area contributed by atoms with Crippen molar-refractivity contribution in [1.29, 1.82) is 0 Å². The number of cyclic esters (lactones) is 1. The van der Waals surface area contributed by atoms with Gasteiger partial charge in [-0.2, -0.15) is 0 Å². The van der Waals surface area contributed by atoms with E-state index in [4.69, 9.17) is 26.4 Å². The highest BCUT2D eigenvalue weighted by molar-refractivity contribution is 7.80. The van der Waals surface area contributed by atoms with Crippen LogP contribution in [0.3, 0.4) is 0 Å². The SMILES string of the molecule is CN(C)C(=S)O[C@H](c1nc2ccccc2n1C)[C@@H]1COC(=O)N1C(=O)OC(C)(C)C. The highest BCUT2D eigenvalue weighted by atomic mass is 32.1. The Kier molecular flexibility index (Phi) is 5.89. The molecule has 0 aliphatic carbocycles. The van der Waals surface area contributed by atoms with Gasteiger partial charge in [-0.3, -0.25) is 0 Å². The molecule has 0 N–H and O–H groups in total. The molecule has 1 saturated heterocycles. The fourth-order valence-electron chi connectivity index (χ4n) is 3.12. The molecule has 1 aromatic carbocycles. The van der Waals surface area contributed by atoms with Crippen molar-refractivity contribution in [2.75, 3.05) is 20.7 Å². The number of carbonyl (C=O) groups is 2. The molecule has 1 aromatic heterocycles. The Morgan fingerprint density at radius 1 is 1.33 bits per heavy atom. The number of imide groups is 1. The first kappa shape index (κ1) is 21.8. The minimum absolute atomic E-state index is 0.0675. The number of para-hydroxylation sites is 2. The van der Waals surface area contributed by atoms with Gasteiger partial charge in [0.1, 0.15) is 18.2 Å². The van der Waals surface area contributed by atoms with Crippen LogP contribution in [0, 0.1) is 0 Å². The van der Waals surface area contributed by atoms with Gasteiger partial charge in [0.05, 0.1) is 11.0 Å². The second-order valence-corrected chi connectivity index (χ2v) is 8.56. The summed E-state index contributed by atoms with van der Waals surface area (Å²) in [6, 6.07) is 6.79. The van der Waals surface area contributed by atoms with E-state index in [0.29, 0.717) is 5.82 Å². The van der Waals surface area contributed by atoms with Crippen LogP contribution in [0.2, 0.25) is 0 Å². The highest BCUT2D eigenvalue weighted by Gasteiger charge is 2.48. The van der Waals surface area contributed by atoms with Crippen LogP contribution in [0.15, 0.2) is 24.3 Å². The summed E-state index contributed by atoms with van der Waals surface area (Å²) in [5.74, 6) is 0.511. The Balaban J connectivity index is 2.04. The smallest absolute Gasteiger partial charge is 0.420 e. The number of aromatic nitrogens is 2. The van der Waals surface area contributed by atoms with Crippen molar-refractivity contribution >= 4 is 40.6 Å². The lowest BCUT2D eigenvalue weighted by Crippen LogP contribution is -2.46. The summed E-state index contributed by atoms with van der Waals surface area (Å²) in [7, 11) is 5.34. The van der Waals surface area contributed by atoms with Gasteiger partial charge in [-0.25, -0.2) is 19.5 Å². The van der Waals surface area contributed by atoms with Crippen molar-refractivity contribution in [3.8, 4) is 0 Å². The van der Waals surface area contributed by atoms with E-state index in [9.17, 15) is 9.59 Å². The summed E-state index contributed by atoms with van der Waals surface area (Å²) in [5.41, 5.74) is 0.858. The van der Waals surface area contributed by atoms with Crippen LogP contribution < -0.4 is 0 Å². The van der Waals surface area contributed by atoms with Crippen LogP contribution in [0.4, 0.5) is 9.59 Å². The number of carbonyl (C=O) groups excluding carboxylic acids is 2. The molecule has 0 spiro atoms. The van der Waals surface area contributed by atoms with E-state index in [-0.39, 0.29) is 11.8 Å². The highest BCUT2D eigenvalue weighted by Crippen LogP contribution is 2.32. The molecule has 2 amide bonds. The topological polar surface area (TPSA) is 86.1 Å². The quantitative estimate of drug-likeness (QED) is 0.681. The van der Waals surface area contributed by atoms with Crippen LogP contribution >= 0.6 is 12.2 Å². The maximum Gasteiger partial charge on any atom is 0.420 e. The Labute approximate surface area is 180 Å². The van der Waals surface area contributed by atoms with Gasteiger partial charge in [0.15, 0.2) is 11.9 Å². The molecule has 162 valence electrons. The van der Waals surface area contributed by atoms with Gasteiger partial charge in [-0.15, -0.1) is 0 Å². The second kappa shape index (κ2) is 8.10. The average Bonchev–Trinajstić information content (AvgIpc) is 3.19. The van der Waals surface area contributed by atoms with Crippen molar-refractivity contribution in [3.05, 3.63) is 30.1 Å². The van der Waals surface area contributed by atoms with Crippen LogP contribution in [0.5, 0.6) is 0 Å². The van der Waals surface area contributed by atoms with E-state index in [1.54, 1.807) is 39.8 Å². The monoisotopic (exact) mass is 434 g/mol. The molecular formula is C20H26N4O5S.